The number of nitrogens with zero attached hydrogens (tertiary/aromatic N) is 2. The Bertz CT molecular complexity index is 655. The van der Waals surface area contributed by atoms with Crippen molar-refractivity contribution < 1.29 is 9.53 Å². The van der Waals surface area contributed by atoms with Crippen molar-refractivity contribution in [2.24, 2.45) is 0 Å². The lowest BCUT2D eigenvalue weighted by molar-refractivity contribution is -0.137. The third kappa shape index (κ3) is 9.20. The molecule has 0 spiro atoms. The SMILES string of the molecule is CCCCOC(=O)/C=C/c1cncc(C)c1.Cc1cncc(Br)c1. The summed E-state index contributed by atoms with van der Waals surface area (Å²) in [6.45, 7) is 6.52. The van der Waals surface area contributed by atoms with E-state index in [0.29, 0.717) is 6.61 Å². The number of hydrogen-bond acceptors (Lipinski definition) is 4. The minimum atomic E-state index is -0.296. The molecule has 2 aromatic rings. The summed E-state index contributed by atoms with van der Waals surface area (Å²) in [4.78, 5) is 19.2. The van der Waals surface area contributed by atoms with Crippen LogP contribution in [0.25, 0.3) is 6.08 Å². The smallest absolute Gasteiger partial charge is 0.330 e. The first kappa shape index (κ1) is 20.0. The van der Waals surface area contributed by atoms with Gasteiger partial charge in [0.25, 0.3) is 0 Å². The van der Waals surface area contributed by atoms with Gasteiger partial charge < -0.3 is 4.74 Å². The molecule has 5 heteroatoms. The van der Waals surface area contributed by atoms with Crippen LogP contribution in [-0.2, 0) is 9.53 Å². The number of carbonyl (C=O) groups excluding carboxylic acids is 1. The zero-order chi connectivity index (χ0) is 17.8. The van der Waals surface area contributed by atoms with E-state index in [9.17, 15) is 4.79 Å². The molecule has 4 nitrogen and oxygen atoms in total. The van der Waals surface area contributed by atoms with Crippen molar-refractivity contribution in [3.63, 3.8) is 0 Å². The Morgan fingerprint density at radius 2 is 1.79 bits per heavy atom. The minimum Gasteiger partial charge on any atom is -0.463 e. The number of esters is 1. The molecule has 0 saturated carbocycles. The number of pyridine rings is 2. The highest BCUT2D eigenvalue weighted by Gasteiger charge is 1.96. The Morgan fingerprint density at radius 3 is 2.33 bits per heavy atom. The van der Waals surface area contributed by atoms with Crippen LogP contribution in [0.4, 0.5) is 0 Å². The molecule has 0 aromatic carbocycles. The molecule has 2 aromatic heterocycles. The number of carbonyl (C=O) groups is 1. The van der Waals surface area contributed by atoms with Gasteiger partial charge in [0.15, 0.2) is 0 Å². The van der Waals surface area contributed by atoms with E-state index in [1.54, 1.807) is 24.7 Å². The topological polar surface area (TPSA) is 52.1 Å². The molecule has 2 rings (SSSR count). The highest BCUT2D eigenvalue weighted by molar-refractivity contribution is 9.10. The summed E-state index contributed by atoms with van der Waals surface area (Å²) in [6.07, 6.45) is 12.2. The standard InChI is InChI=1S/C13H17NO2.C6H6BrN/c1-3-4-7-16-13(15)6-5-12-8-11(2)9-14-10-12;1-5-2-6(7)4-8-3-5/h5-6,8-10H,3-4,7H2,1-2H3;2-4H,1H3/b6-5+;. The monoisotopic (exact) mass is 390 g/mol. The molecular weight excluding hydrogens is 368 g/mol. The Balaban J connectivity index is 0.000000300. The highest BCUT2D eigenvalue weighted by atomic mass is 79.9. The second kappa shape index (κ2) is 11.5. The summed E-state index contributed by atoms with van der Waals surface area (Å²) in [5, 5.41) is 0. The van der Waals surface area contributed by atoms with Gasteiger partial charge in [0.05, 0.1) is 6.61 Å². The van der Waals surface area contributed by atoms with Gasteiger partial charge in [0.2, 0.25) is 0 Å². The average Bonchev–Trinajstić information content (AvgIpc) is 2.54. The number of rotatable bonds is 5. The molecule has 0 N–H and O–H groups in total. The maximum atomic E-state index is 11.2. The fourth-order valence-corrected chi connectivity index (χ4v) is 2.20. The van der Waals surface area contributed by atoms with Crippen LogP contribution < -0.4 is 0 Å². The molecule has 0 aliphatic carbocycles. The third-order valence-corrected chi connectivity index (χ3v) is 3.33. The largest absolute Gasteiger partial charge is 0.463 e. The first-order valence-electron chi connectivity index (χ1n) is 7.85. The number of halogens is 1. The maximum Gasteiger partial charge on any atom is 0.330 e. The number of aryl methyl sites for hydroxylation is 2. The second-order valence-electron chi connectivity index (χ2n) is 5.33. The lowest BCUT2D eigenvalue weighted by Crippen LogP contribution is -2.01. The van der Waals surface area contributed by atoms with E-state index in [2.05, 4.69) is 32.8 Å². The van der Waals surface area contributed by atoms with Gasteiger partial charge in [-0.15, -0.1) is 0 Å². The van der Waals surface area contributed by atoms with Crippen molar-refractivity contribution >= 4 is 28.0 Å². The van der Waals surface area contributed by atoms with Gasteiger partial charge in [-0.25, -0.2) is 4.79 Å². The van der Waals surface area contributed by atoms with E-state index in [1.165, 1.54) is 11.6 Å². The first-order valence-corrected chi connectivity index (χ1v) is 8.64. The summed E-state index contributed by atoms with van der Waals surface area (Å²) in [7, 11) is 0. The van der Waals surface area contributed by atoms with Crippen molar-refractivity contribution in [1.29, 1.82) is 0 Å². The summed E-state index contributed by atoms with van der Waals surface area (Å²) in [6, 6.07) is 3.98. The lowest BCUT2D eigenvalue weighted by atomic mass is 10.2. The molecule has 0 aliphatic heterocycles. The van der Waals surface area contributed by atoms with E-state index in [-0.39, 0.29) is 5.97 Å². The predicted molar refractivity (Wildman–Crippen MR) is 101 cm³/mol. The Hall–Kier alpha value is -2.01. The normalized spacial score (nSPS) is 10.2. The lowest BCUT2D eigenvalue weighted by Gasteiger charge is -1.99. The van der Waals surface area contributed by atoms with Crippen molar-refractivity contribution in [2.45, 2.75) is 33.6 Å². The quantitative estimate of drug-likeness (QED) is 0.413. The van der Waals surface area contributed by atoms with Gasteiger partial charge in [-0.1, -0.05) is 13.3 Å². The van der Waals surface area contributed by atoms with Gasteiger partial charge in [-0.3, -0.25) is 9.97 Å². The second-order valence-corrected chi connectivity index (χ2v) is 6.25. The maximum absolute atomic E-state index is 11.2. The molecule has 0 fully saturated rings. The van der Waals surface area contributed by atoms with Crippen LogP contribution in [-0.4, -0.2) is 22.5 Å². The van der Waals surface area contributed by atoms with Crippen LogP contribution in [0.2, 0.25) is 0 Å². The summed E-state index contributed by atoms with van der Waals surface area (Å²) < 4.78 is 6.03. The molecule has 0 bridgehead atoms. The first-order chi connectivity index (χ1) is 11.5. The molecule has 24 heavy (non-hydrogen) atoms. The van der Waals surface area contributed by atoms with Crippen LogP contribution in [0, 0.1) is 13.8 Å². The van der Waals surface area contributed by atoms with Crippen LogP contribution >= 0.6 is 15.9 Å². The number of hydrogen-bond donors (Lipinski definition) is 0. The Labute approximate surface area is 152 Å². The average molecular weight is 391 g/mol. The molecule has 2 heterocycles. The summed E-state index contributed by atoms with van der Waals surface area (Å²) in [5.74, 6) is -0.296. The fourth-order valence-electron chi connectivity index (χ4n) is 1.72. The van der Waals surface area contributed by atoms with E-state index in [0.717, 1.165) is 28.4 Å². The predicted octanol–water partition coefficient (Wildman–Crippen LogP) is 4.90. The number of aromatic nitrogens is 2. The van der Waals surface area contributed by atoms with Gasteiger partial charge in [-0.05, 0) is 71.1 Å². The molecule has 0 atom stereocenters. The van der Waals surface area contributed by atoms with E-state index < -0.39 is 0 Å². The van der Waals surface area contributed by atoms with Crippen molar-refractivity contribution in [2.75, 3.05) is 6.61 Å². The van der Waals surface area contributed by atoms with E-state index in [1.807, 2.05) is 32.2 Å². The van der Waals surface area contributed by atoms with Crippen LogP contribution in [0.5, 0.6) is 0 Å². The molecule has 128 valence electrons. The minimum absolute atomic E-state index is 0.296. The van der Waals surface area contributed by atoms with Crippen LogP contribution in [0.3, 0.4) is 0 Å². The Kier molecular flexibility index (Phi) is 9.61. The summed E-state index contributed by atoms with van der Waals surface area (Å²) in [5.41, 5.74) is 3.16. The van der Waals surface area contributed by atoms with Gasteiger partial charge >= 0.3 is 5.97 Å². The molecule has 0 unspecified atom stereocenters. The zero-order valence-electron chi connectivity index (χ0n) is 14.3. The van der Waals surface area contributed by atoms with Gasteiger partial charge in [0.1, 0.15) is 0 Å². The number of unbranched alkanes of at least 4 members (excludes halogenated alkanes) is 1. The van der Waals surface area contributed by atoms with Crippen molar-refractivity contribution in [1.82, 2.24) is 9.97 Å². The van der Waals surface area contributed by atoms with Crippen LogP contribution in [0.1, 0.15) is 36.5 Å². The van der Waals surface area contributed by atoms with Gasteiger partial charge in [0, 0.05) is 35.3 Å². The fraction of sp³-hybridized carbons (Fsp3) is 0.316. The molecule has 0 aliphatic rings. The van der Waals surface area contributed by atoms with Crippen LogP contribution in [0.15, 0.2) is 47.5 Å². The van der Waals surface area contributed by atoms with Crippen molar-refractivity contribution in [3.05, 3.63) is 64.2 Å². The summed E-state index contributed by atoms with van der Waals surface area (Å²) >= 11 is 3.30. The highest BCUT2D eigenvalue weighted by Crippen LogP contribution is 2.07. The van der Waals surface area contributed by atoms with E-state index in [4.69, 9.17) is 4.74 Å². The molecule has 0 radical (unpaired) electrons. The van der Waals surface area contributed by atoms with Gasteiger partial charge in [-0.2, -0.15) is 0 Å². The Morgan fingerprint density at radius 1 is 1.12 bits per heavy atom. The van der Waals surface area contributed by atoms with Crippen molar-refractivity contribution in [3.8, 4) is 0 Å². The molecule has 0 amide bonds. The molecular formula is C19H23BrN2O2. The third-order valence-electron chi connectivity index (χ3n) is 2.89. The molecule has 0 saturated heterocycles. The zero-order valence-corrected chi connectivity index (χ0v) is 15.9. The van der Waals surface area contributed by atoms with E-state index >= 15 is 0 Å². The number of ether oxygens (including phenoxy) is 1.